The van der Waals surface area contributed by atoms with E-state index in [9.17, 15) is 8.42 Å². The van der Waals surface area contributed by atoms with Gasteiger partial charge in [0.1, 0.15) is 5.75 Å². The molecule has 2 rings (SSSR count). The van der Waals surface area contributed by atoms with Gasteiger partial charge in [-0.15, -0.1) is 0 Å². The molecule has 0 unspecified atom stereocenters. The van der Waals surface area contributed by atoms with Crippen molar-refractivity contribution in [2.75, 3.05) is 6.26 Å². The molecule has 1 N–H and O–H groups in total. The van der Waals surface area contributed by atoms with Gasteiger partial charge in [-0.25, -0.2) is 0 Å². The van der Waals surface area contributed by atoms with Crippen LogP contribution in [0.5, 0.6) is 5.75 Å². The molecule has 0 aliphatic heterocycles. The summed E-state index contributed by atoms with van der Waals surface area (Å²) >= 11 is 0. The van der Waals surface area contributed by atoms with Crippen molar-refractivity contribution >= 4 is 10.1 Å². The molecule has 4 nitrogen and oxygen atoms in total. The molecule has 0 spiro atoms. The summed E-state index contributed by atoms with van der Waals surface area (Å²) in [5, 5.41) is 3.32. The van der Waals surface area contributed by atoms with Gasteiger partial charge in [-0.2, -0.15) is 8.42 Å². The lowest BCUT2D eigenvalue weighted by atomic mass is 10.2. The lowest BCUT2D eigenvalue weighted by molar-refractivity contribution is 0.487. The molecule has 0 atom stereocenters. The van der Waals surface area contributed by atoms with Crippen LogP contribution in [0.15, 0.2) is 24.3 Å². The van der Waals surface area contributed by atoms with E-state index in [-0.39, 0.29) is 0 Å². The van der Waals surface area contributed by atoms with Crippen LogP contribution in [0.25, 0.3) is 0 Å². The van der Waals surface area contributed by atoms with Gasteiger partial charge in [-0.3, -0.25) is 0 Å². The predicted molar refractivity (Wildman–Crippen MR) is 61.8 cm³/mol. The Labute approximate surface area is 95.7 Å². The van der Waals surface area contributed by atoms with E-state index in [2.05, 4.69) is 5.32 Å². The smallest absolute Gasteiger partial charge is 0.306 e. The Balaban J connectivity index is 2.09. The van der Waals surface area contributed by atoms with Crippen molar-refractivity contribution in [3.8, 4) is 5.75 Å². The number of rotatable bonds is 5. The summed E-state index contributed by atoms with van der Waals surface area (Å²) in [5.74, 6) is 0.415. The molecular formula is C11H15NO3S. The fourth-order valence-corrected chi connectivity index (χ4v) is 1.92. The Hall–Kier alpha value is -1.07. The van der Waals surface area contributed by atoms with Crippen LogP contribution in [0.2, 0.25) is 0 Å². The Morgan fingerprint density at radius 3 is 2.69 bits per heavy atom. The first-order chi connectivity index (χ1) is 7.54. The second kappa shape index (κ2) is 4.43. The highest BCUT2D eigenvalue weighted by Gasteiger charge is 2.20. The van der Waals surface area contributed by atoms with Crippen molar-refractivity contribution in [3.63, 3.8) is 0 Å². The van der Waals surface area contributed by atoms with Crippen LogP contribution in [0, 0.1) is 0 Å². The van der Waals surface area contributed by atoms with Crippen LogP contribution in [0.3, 0.4) is 0 Å². The lowest BCUT2D eigenvalue weighted by Gasteiger charge is -2.09. The zero-order valence-electron chi connectivity index (χ0n) is 9.14. The van der Waals surface area contributed by atoms with E-state index in [0.29, 0.717) is 18.3 Å². The molecule has 1 aliphatic carbocycles. The molecule has 1 aliphatic rings. The SMILES string of the molecule is CS(=O)(=O)Oc1ccccc1CNC1CC1. The monoisotopic (exact) mass is 241 g/mol. The van der Waals surface area contributed by atoms with Crippen molar-refractivity contribution in [1.82, 2.24) is 5.32 Å². The molecule has 0 amide bonds. The number of hydrogen-bond donors (Lipinski definition) is 1. The molecule has 0 aromatic heterocycles. The maximum atomic E-state index is 11.1. The summed E-state index contributed by atoms with van der Waals surface area (Å²) in [5.41, 5.74) is 0.875. The van der Waals surface area contributed by atoms with E-state index in [4.69, 9.17) is 4.18 Å². The summed E-state index contributed by atoms with van der Waals surface area (Å²) in [6.07, 6.45) is 3.46. The van der Waals surface area contributed by atoms with E-state index in [1.165, 1.54) is 12.8 Å². The molecule has 88 valence electrons. The zero-order chi connectivity index (χ0) is 11.6. The topological polar surface area (TPSA) is 55.4 Å². The van der Waals surface area contributed by atoms with Crippen molar-refractivity contribution < 1.29 is 12.6 Å². The molecule has 1 aromatic carbocycles. The summed E-state index contributed by atoms with van der Waals surface area (Å²) in [4.78, 5) is 0. The third-order valence-corrected chi connectivity index (χ3v) is 2.85. The molecule has 1 saturated carbocycles. The van der Waals surface area contributed by atoms with Crippen LogP contribution in [-0.4, -0.2) is 20.7 Å². The number of hydrogen-bond acceptors (Lipinski definition) is 4. The first-order valence-corrected chi connectivity index (χ1v) is 7.07. The van der Waals surface area contributed by atoms with Gasteiger partial charge in [0.05, 0.1) is 6.26 Å². The molecule has 0 saturated heterocycles. The van der Waals surface area contributed by atoms with E-state index < -0.39 is 10.1 Å². The van der Waals surface area contributed by atoms with Crippen molar-refractivity contribution in [2.45, 2.75) is 25.4 Å². The number of para-hydroxylation sites is 1. The average Bonchev–Trinajstić information content (AvgIpc) is 2.98. The molecule has 5 heteroatoms. The highest BCUT2D eigenvalue weighted by Crippen LogP contribution is 2.23. The maximum Gasteiger partial charge on any atom is 0.306 e. The minimum Gasteiger partial charge on any atom is -0.382 e. The largest absolute Gasteiger partial charge is 0.382 e. The molecule has 16 heavy (non-hydrogen) atoms. The summed E-state index contributed by atoms with van der Waals surface area (Å²) in [7, 11) is -3.45. The van der Waals surface area contributed by atoms with Crippen LogP contribution < -0.4 is 9.50 Å². The molecule has 0 bridgehead atoms. The normalized spacial score (nSPS) is 16.1. The van der Waals surface area contributed by atoms with Crippen LogP contribution in [0.1, 0.15) is 18.4 Å². The second-order valence-electron chi connectivity index (χ2n) is 4.05. The average molecular weight is 241 g/mol. The van der Waals surface area contributed by atoms with E-state index >= 15 is 0 Å². The van der Waals surface area contributed by atoms with Crippen molar-refractivity contribution in [3.05, 3.63) is 29.8 Å². The zero-order valence-corrected chi connectivity index (χ0v) is 9.96. The van der Waals surface area contributed by atoms with Crippen molar-refractivity contribution in [2.24, 2.45) is 0 Å². The van der Waals surface area contributed by atoms with E-state index in [0.717, 1.165) is 11.8 Å². The standard InChI is InChI=1S/C11H15NO3S/c1-16(13,14)15-11-5-3-2-4-9(11)8-12-10-6-7-10/h2-5,10,12H,6-8H2,1H3. The number of nitrogens with one attached hydrogen (secondary N) is 1. The minimum absolute atomic E-state index is 0.415. The molecule has 0 radical (unpaired) electrons. The van der Waals surface area contributed by atoms with Gasteiger partial charge in [-0.05, 0) is 18.9 Å². The quantitative estimate of drug-likeness (QED) is 0.789. The van der Waals surface area contributed by atoms with Crippen LogP contribution in [0.4, 0.5) is 0 Å². The van der Waals surface area contributed by atoms with Gasteiger partial charge in [0, 0.05) is 18.2 Å². The Kier molecular flexibility index (Phi) is 3.16. The fraction of sp³-hybridized carbons (Fsp3) is 0.455. The molecular weight excluding hydrogens is 226 g/mol. The van der Waals surface area contributed by atoms with Gasteiger partial charge in [0.2, 0.25) is 0 Å². The van der Waals surface area contributed by atoms with Gasteiger partial charge in [0.25, 0.3) is 0 Å². The Morgan fingerprint density at radius 1 is 1.38 bits per heavy atom. The molecule has 1 fully saturated rings. The van der Waals surface area contributed by atoms with Gasteiger partial charge < -0.3 is 9.50 Å². The van der Waals surface area contributed by atoms with Crippen molar-refractivity contribution in [1.29, 1.82) is 0 Å². The Bertz CT molecular complexity index is 466. The van der Waals surface area contributed by atoms with Gasteiger partial charge >= 0.3 is 10.1 Å². The second-order valence-corrected chi connectivity index (χ2v) is 5.63. The fourth-order valence-electron chi connectivity index (χ4n) is 1.44. The van der Waals surface area contributed by atoms with Gasteiger partial charge in [-0.1, -0.05) is 18.2 Å². The summed E-state index contributed by atoms with van der Waals surface area (Å²) in [6.45, 7) is 0.649. The number of benzene rings is 1. The van der Waals surface area contributed by atoms with Crippen LogP contribution >= 0.6 is 0 Å². The molecule has 0 heterocycles. The highest BCUT2D eigenvalue weighted by molar-refractivity contribution is 7.86. The summed E-state index contributed by atoms with van der Waals surface area (Å²) < 4.78 is 27.0. The minimum atomic E-state index is -3.45. The maximum absolute atomic E-state index is 11.1. The van der Waals surface area contributed by atoms with Crippen LogP contribution in [-0.2, 0) is 16.7 Å². The van der Waals surface area contributed by atoms with E-state index in [1.807, 2.05) is 12.1 Å². The summed E-state index contributed by atoms with van der Waals surface area (Å²) in [6, 6.07) is 7.77. The predicted octanol–water partition coefficient (Wildman–Crippen LogP) is 1.28. The highest BCUT2D eigenvalue weighted by atomic mass is 32.2. The van der Waals surface area contributed by atoms with Gasteiger partial charge in [0.15, 0.2) is 0 Å². The first-order valence-electron chi connectivity index (χ1n) is 5.25. The third kappa shape index (κ3) is 3.50. The Morgan fingerprint density at radius 2 is 2.06 bits per heavy atom. The third-order valence-electron chi connectivity index (χ3n) is 2.37. The first kappa shape index (κ1) is 11.4. The van der Waals surface area contributed by atoms with E-state index in [1.54, 1.807) is 12.1 Å². The molecule has 1 aromatic rings. The lowest BCUT2D eigenvalue weighted by Crippen LogP contribution is -2.16.